The van der Waals surface area contributed by atoms with Gasteiger partial charge < -0.3 is 14.5 Å². The topological polar surface area (TPSA) is 65.1 Å². The maximum absolute atomic E-state index is 5.70. The van der Waals surface area contributed by atoms with Crippen molar-refractivity contribution in [2.75, 3.05) is 13.2 Å². The van der Waals surface area contributed by atoms with Gasteiger partial charge in [-0.1, -0.05) is 5.21 Å². The average molecular weight is 262 g/mol. The Kier molecular flexibility index (Phi) is 3.61. The van der Waals surface area contributed by atoms with Gasteiger partial charge in [0.1, 0.15) is 5.76 Å². The van der Waals surface area contributed by atoms with Crippen LogP contribution >= 0.6 is 0 Å². The predicted octanol–water partition coefficient (Wildman–Crippen LogP) is 1.12. The van der Waals surface area contributed by atoms with Crippen LogP contribution in [0.2, 0.25) is 0 Å². The molecule has 0 radical (unpaired) electrons. The Labute approximate surface area is 111 Å². The second-order valence-corrected chi connectivity index (χ2v) is 4.90. The minimum Gasteiger partial charge on any atom is -0.468 e. The van der Waals surface area contributed by atoms with E-state index in [9.17, 15) is 0 Å². The maximum Gasteiger partial charge on any atom is 0.117 e. The van der Waals surface area contributed by atoms with E-state index >= 15 is 0 Å². The minimum atomic E-state index is 0.400. The van der Waals surface area contributed by atoms with Crippen LogP contribution in [0.25, 0.3) is 0 Å². The molecule has 0 spiro atoms. The third-order valence-corrected chi connectivity index (χ3v) is 3.37. The SMILES string of the molecule is Cc1nnn2c1COC[C@@H](CNCc1ccco1)C2. The van der Waals surface area contributed by atoms with Crippen molar-refractivity contribution in [3.05, 3.63) is 35.5 Å². The van der Waals surface area contributed by atoms with Gasteiger partial charge >= 0.3 is 0 Å². The van der Waals surface area contributed by atoms with Crippen LogP contribution < -0.4 is 5.32 Å². The van der Waals surface area contributed by atoms with E-state index in [1.807, 2.05) is 23.7 Å². The van der Waals surface area contributed by atoms with E-state index in [-0.39, 0.29) is 0 Å². The number of ether oxygens (including phenoxy) is 1. The highest BCUT2D eigenvalue weighted by molar-refractivity contribution is 5.07. The van der Waals surface area contributed by atoms with Gasteiger partial charge in [0, 0.05) is 19.0 Å². The van der Waals surface area contributed by atoms with Crippen molar-refractivity contribution in [3.63, 3.8) is 0 Å². The summed E-state index contributed by atoms with van der Waals surface area (Å²) in [5.74, 6) is 1.35. The molecule has 0 amide bonds. The van der Waals surface area contributed by atoms with Crippen LogP contribution in [-0.2, 0) is 24.4 Å². The molecule has 3 rings (SSSR count). The quantitative estimate of drug-likeness (QED) is 0.894. The summed E-state index contributed by atoms with van der Waals surface area (Å²) in [4.78, 5) is 0. The molecule has 0 fully saturated rings. The highest BCUT2D eigenvalue weighted by Crippen LogP contribution is 2.14. The molecule has 6 heteroatoms. The lowest BCUT2D eigenvalue weighted by Gasteiger charge is -2.14. The molecule has 2 aromatic heterocycles. The summed E-state index contributed by atoms with van der Waals surface area (Å²) < 4.78 is 12.9. The van der Waals surface area contributed by atoms with Gasteiger partial charge in [0.25, 0.3) is 0 Å². The molecule has 2 aromatic rings. The summed E-state index contributed by atoms with van der Waals surface area (Å²) in [6.07, 6.45) is 1.69. The molecule has 102 valence electrons. The van der Waals surface area contributed by atoms with Crippen LogP contribution in [0, 0.1) is 12.8 Å². The van der Waals surface area contributed by atoms with E-state index in [0.717, 1.165) is 43.4 Å². The van der Waals surface area contributed by atoms with Gasteiger partial charge in [-0.15, -0.1) is 5.10 Å². The number of aromatic nitrogens is 3. The number of furan rings is 1. The lowest BCUT2D eigenvalue weighted by Crippen LogP contribution is -2.28. The summed E-state index contributed by atoms with van der Waals surface area (Å²) in [7, 11) is 0. The molecule has 1 N–H and O–H groups in total. The molecule has 0 saturated heterocycles. The zero-order valence-electron chi connectivity index (χ0n) is 11.0. The molecule has 19 heavy (non-hydrogen) atoms. The van der Waals surface area contributed by atoms with Crippen molar-refractivity contribution in [1.29, 1.82) is 0 Å². The van der Waals surface area contributed by atoms with Gasteiger partial charge in [0.15, 0.2) is 0 Å². The largest absolute Gasteiger partial charge is 0.468 e. The molecule has 0 bridgehead atoms. The van der Waals surface area contributed by atoms with Gasteiger partial charge in [-0.3, -0.25) is 0 Å². The van der Waals surface area contributed by atoms with Crippen molar-refractivity contribution >= 4 is 0 Å². The first-order valence-electron chi connectivity index (χ1n) is 6.52. The first kappa shape index (κ1) is 12.4. The Bertz CT molecular complexity index is 521. The van der Waals surface area contributed by atoms with Crippen LogP contribution in [0.1, 0.15) is 17.1 Å². The third kappa shape index (κ3) is 2.85. The van der Waals surface area contributed by atoms with Crippen LogP contribution in [0.15, 0.2) is 22.8 Å². The van der Waals surface area contributed by atoms with Gasteiger partial charge in [-0.05, 0) is 19.1 Å². The van der Waals surface area contributed by atoms with Gasteiger partial charge in [-0.2, -0.15) is 0 Å². The molecular weight excluding hydrogens is 244 g/mol. The van der Waals surface area contributed by atoms with Crippen molar-refractivity contribution < 1.29 is 9.15 Å². The Morgan fingerprint density at radius 3 is 3.32 bits per heavy atom. The second kappa shape index (κ2) is 5.54. The van der Waals surface area contributed by atoms with E-state index in [1.165, 1.54) is 0 Å². The fourth-order valence-corrected chi connectivity index (χ4v) is 2.30. The number of hydrogen-bond acceptors (Lipinski definition) is 5. The van der Waals surface area contributed by atoms with Crippen molar-refractivity contribution in [2.24, 2.45) is 5.92 Å². The third-order valence-electron chi connectivity index (χ3n) is 3.37. The van der Waals surface area contributed by atoms with Crippen molar-refractivity contribution in [2.45, 2.75) is 26.6 Å². The fraction of sp³-hybridized carbons (Fsp3) is 0.538. The predicted molar refractivity (Wildman–Crippen MR) is 68.3 cm³/mol. The summed E-state index contributed by atoms with van der Waals surface area (Å²) in [6.45, 7) is 5.78. The van der Waals surface area contributed by atoms with Gasteiger partial charge in [0.05, 0.1) is 37.4 Å². The molecule has 0 unspecified atom stereocenters. The standard InChI is InChI=1S/C13H18N4O2/c1-10-13-9-18-8-11(7-17(13)16-15-10)5-14-6-12-3-2-4-19-12/h2-4,11,14H,5-9H2,1H3/t11-/m0/s1. The fourth-order valence-electron chi connectivity index (χ4n) is 2.30. The van der Waals surface area contributed by atoms with Crippen LogP contribution in [0.5, 0.6) is 0 Å². The van der Waals surface area contributed by atoms with Crippen LogP contribution in [0.4, 0.5) is 0 Å². The summed E-state index contributed by atoms with van der Waals surface area (Å²) >= 11 is 0. The highest BCUT2D eigenvalue weighted by atomic mass is 16.5. The molecule has 1 aliphatic rings. The Morgan fingerprint density at radius 1 is 1.53 bits per heavy atom. The molecule has 6 nitrogen and oxygen atoms in total. The monoisotopic (exact) mass is 262 g/mol. The zero-order chi connectivity index (χ0) is 13.1. The minimum absolute atomic E-state index is 0.400. The molecule has 0 aromatic carbocycles. The molecule has 1 atom stereocenters. The van der Waals surface area contributed by atoms with E-state index in [1.54, 1.807) is 6.26 Å². The van der Waals surface area contributed by atoms with Gasteiger partial charge in [-0.25, -0.2) is 4.68 Å². The highest BCUT2D eigenvalue weighted by Gasteiger charge is 2.19. The molecular formula is C13H18N4O2. The maximum atomic E-state index is 5.70. The Morgan fingerprint density at radius 2 is 2.47 bits per heavy atom. The average Bonchev–Trinajstić information content (AvgIpc) is 2.97. The van der Waals surface area contributed by atoms with Crippen molar-refractivity contribution in [3.8, 4) is 0 Å². The number of aryl methyl sites for hydroxylation is 1. The van der Waals surface area contributed by atoms with E-state index < -0.39 is 0 Å². The summed E-state index contributed by atoms with van der Waals surface area (Å²) in [6, 6.07) is 3.87. The molecule has 0 aliphatic carbocycles. The normalized spacial score (nSPS) is 19.1. The number of hydrogen-bond donors (Lipinski definition) is 1. The van der Waals surface area contributed by atoms with Crippen LogP contribution in [0.3, 0.4) is 0 Å². The summed E-state index contributed by atoms with van der Waals surface area (Å²) in [5.41, 5.74) is 2.05. The number of nitrogens with one attached hydrogen (secondary N) is 1. The molecule has 1 aliphatic heterocycles. The van der Waals surface area contributed by atoms with Crippen molar-refractivity contribution in [1.82, 2.24) is 20.3 Å². The zero-order valence-corrected chi connectivity index (χ0v) is 11.0. The first-order chi connectivity index (χ1) is 9.33. The molecule has 0 saturated carbocycles. The van der Waals surface area contributed by atoms with Gasteiger partial charge in [0.2, 0.25) is 0 Å². The smallest absolute Gasteiger partial charge is 0.117 e. The Hall–Kier alpha value is -1.66. The van der Waals surface area contributed by atoms with E-state index in [4.69, 9.17) is 9.15 Å². The number of fused-ring (bicyclic) bond motifs is 1. The van der Waals surface area contributed by atoms with Crippen LogP contribution in [-0.4, -0.2) is 28.1 Å². The molecule has 3 heterocycles. The van der Waals surface area contributed by atoms with E-state index in [0.29, 0.717) is 12.5 Å². The summed E-state index contributed by atoms with van der Waals surface area (Å²) in [5, 5.41) is 11.6. The lowest BCUT2D eigenvalue weighted by molar-refractivity contribution is 0.0935. The second-order valence-electron chi connectivity index (χ2n) is 4.90. The lowest BCUT2D eigenvalue weighted by atomic mass is 10.1. The number of nitrogens with zero attached hydrogens (tertiary/aromatic N) is 3. The van der Waals surface area contributed by atoms with E-state index in [2.05, 4.69) is 15.6 Å². The number of rotatable bonds is 4. The first-order valence-corrected chi connectivity index (χ1v) is 6.52. The Balaban J connectivity index is 1.54.